The number of nitrogens with two attached hydrogens (primary N) is 1. The van der Waals surface area contributed by atoms with Gasteiger partial charge in [0.2, 0.25) is 0 Å². The van der Waals surface area contributed by atoms with Crippen molar-refractivity contribution in [3.8, 4) is 0 Å². The van der Waals surface area contributed by atoms with E-state index < -0.39 is 11.6 Å². The minimum atomic E-state index is -0.975. The third-order valence-electron chi connectivity index (χ3n) is 2.92. The summed E-state index contributed by atoms with van der Waals surface area (Å²) in [6.07, 6.45) is 1.71. The van der Waals surface area contributed by atoms with Gasteiger partial charge in [0.25, 0.3) is 0 Å². The lowest BCUT2D eigenvalue weighted by atomic mass is 9.90. The molecule has 1 unspecified atom stereocenters. The Balaban J connectivity index is 3.97. The Bertz CT molecular complexity index is 205. The second-order valence-electron chi connectivity index (χ2n) is 4.90. The predicted octanol–water partition coefficient (Wildman–Crippen LogP) is 2.19. The van der Waals surface area contributed by atoms with Gasteiger partial charge < -0.3 is 16.2 Å². The van der Waals surface area contributed by atoms with Gasteiger partial charge in [-0.15, -0.1) is 0 Å². The number of nitrogens with one attached hydrogen (secondary N) is 1. The molecule has 0 heterocycles. The number of rotatable bonds is 6. The lowest BCUT2D eigenvalue weighted by molar-refractivity contribution is 0.179. The second kappa shape index (κ2) is 5.95. The van der Waals surface area contributed by atoms with Crippen LogP contribution in [0.1, 0.15) is 47.0 Å². The van der Waals surface area contributed by atoms with Crippen molar-refractivity contribution in [1.82, 2.24) is 5.32 Å². The third kappa shape index (κ3) is 6.33. The molecule has 0 aromatic carbocycles. The zero-order valence-corrected chi connectivity index (χ0v) is 10.2. The fraction of sp³-hybridized carbons (Fsp3) is 0.909. The Hall–Kier alpha value is -0.770. The van der Waals surface area contributed by atoms with Gasteiger partial charge in [-0.05, 0) is 32.6 Å². The number of carbonyl (C=O) groups is 1. The standard InChI is InChI=1S/C11H24N2O2/c1-5-8(2)9(12)6-7-11(3,4)13-10(14)15/h8-9,13H,5-7,12H2,1-4H3,(H,14,15)/t8?,9-/m0/s1. The molecule has 4 heteroatoms. The quantitative estimate of drug-likeness (QED) is 0.637. The first-order chi connectivity index (χ1) is 6.78. The molecule has 4 nitrogen and oxygen atoms in total. The first-order valence-electron chi connectivity index (χ1n) is 5.55. The van der Waals surface area contributed by atoms with Gasteiger partial charge in [-0.25, -0.2) is 4.79 Å². The van der Waals surface area contributed by atoms with Crippen LogP contribution in [0.2, 0.25) is 0 Å². The third-order valence-corrected chi connectivity index (χ3v) is 2.92. The van der Waals surface area contributed by atoms with Gasteiger partial charge in [-0.1, -0.05) is 20.3 Å². The van der Waals surface area contributed by atoms with Crippen molar-refractivity contribution in [2.45, 2.75) is 58.5 Å². The van der Waals surface area contributed by atoms with E-state index in [0.717, 1.165) is 19.3 Å². The first-order valence-corrected chi connectivity index (χ1v) is 5.55. The summed E-state index contributed by atoms with van der Waals surface area (Å²) in [5, 5.41) is 11.1. The lowest BCUT2D eigenvalue weighted by Crippen LogP contribution is -2.44. The van der Waals surface area contributed by atoms with E-state index in [0.29, 0.717) is 5.92 Å². The molecule has 0 fully saturated rings. The van der Waals surface area contributed by atoms with Crippen LogP contribution in [0.15, 0.2) is 0 Å². The molecule has 0 spiro atoms. The van der Waals surface area contributed by atoms with Crippen LogP contribution in [0.5, 0.6) is 0 Å². The van der Waals surface area contributed by atoms with Crippen molar-refractivity contribution < 1.29 is 9.90 Å². The minimum absolute atomic E-state index is 0.157. The summed E-state index contributed by atoms with van der Waals surface area (Å²) >= 11 is 0. The van der Waals surface area contributed by atoms with E-state index >= 15 is 0 Å². The summed E-state index contributed by atoms with van der Waals surface area (Å²) in [6, 6.07) is 0.157. The summed E-state index contributed by atoms with van der Waals surface area (Å²) in [5.74, 6) is 0.491. The molecule has 0 aliphatic rings. The maximum Gasteiger partial charge on any atom is 0.405 e. The molecule has 2 atom stereocenters. The zero-order chi connectivity index (χ0) is 12.1. The van der Waals surface area contributed by atoms with E-state index in [1.165, 1.54) is 0 Å². The fourth-order valence-electron chi connectivity index (χ4n) is 1.47. The normalized spacial score (nSPS) is 15.8. The molecule has 0 aromatic rings. The van der Waals surface area contributed by atoms with Crippen molar-refractivity contribution in [2.75, 3.05) is 0 Å². The van der Waals surface area contributed by atoms with E-state index in [9.17, 15) is 4.79 Å². The Morgan fingerprint density at radius 3 is 2.47 bits per heavy atom. The van der Waals surface area contributed by atoms with Gasteiger partial charge in [-0.2, -0.15) is 0 Å². The van der Waals surface area contributed by atoms with Gasteiger partial charge in [-0.3, -0.25) is 0 Å². The largest absolute Gasteiger partial charge is 0.465 e. The maximum atomic E-state index is 10.5. The molecule has 0 rings (SSSR count). The van der Waals surface area contributed by atoms with Gasteiger partial charge >= 0.3 is 6.09 Å². The average molecular weight is 216 g/mol. The first kappa shape index (κ1) is 14.2. The smallest absolute Gasteiger partial charge is 0.405 e. The van der Waals surface area contributed by atoms with Crippen molar-refractivity contribution in [3.63, 3.8) is 0 Å². The predicted molar refractivity (Wildman–Crippen MR) is 61.9 cm³/mol. The highest BCUT2D eigenvalue weighted by Gasteiger charge is 2.22. The highest BCUT2D eigenvalue weighted by molar-refractivity contribution is 5.65. The summed E-state index contributed by atoms with van der Waals surface area (Å²) in [7, 11) is 0. The topological polar surface area (TPSA) is 75.3 Å². The van der Waals surface area contributed by atoms with Crippen LogP contribution < -0.4 is 11.1 Å². The van der Waals surface area contributed by atoms with Crippen LogP contribution >= 0.6 is 0 Å². The fourth-order valence-corrected chi connectivity index (χ4v) is 1.47. The Morgan fingerprint density at radius 2 is 2.07 bits per heavy atom. The minimum Gasteiger partial charge on any atom is -0.465 e. The second-order valence-corrected chi connectivity index (χ2v) is 4.90. The lowest BCUT2D eigenvalue weighted by Gasteiger charge is -2.27. The molecule has 90 valence electrons. The summed E-state index contributed by atoms with van der Waals surface area (Å²) in [4.78, 5) is 10.5. The molecule has 0 bridgehead atoms. The van der Waals surface area contributed by atoms with Crippen LogP contribution in [0.3, 0.4) is 0 Å². The zero-order valence-electron chi connectivity index (χ0n) is 10.2. The summed E-state index contributed by atoms with van der Waals surface area (Å²) in [5.41, 5.74) is 5.60. The summed E-state index contributed by atoms with van der Waals surface area (Å²) < 4.78 is 0. The Labute approximate surface area is 92.2 Å². The van der Waals surface area contributed by atoms with E-state index in [2.05, 4.69) is 19.2 Å². The van der Waals surface area contributed by atoms with E-state index in [-0.39, 0.29) is 6.04 Å². The van der Waals surface area contributed by atoms with Gasteiger partial charge in [0, 0.05) is 11.6 Å². The number of carboxylic acid groups (broad SMARTS) is 1. The van der Waals surface area contributed by atoms with Gasteiger partial charge in [0.15, 0.2) is 0 Å². The van der Waals surface area contributed by atoms with Gasteiger partial charge in [0.1, 0.15) is 0 Å². The molecular weight excluding hydrogens is 192 g/mol. The molecule has 0 aromatic heterocycles. The number of hydrogen-bond donors (Lipinski definition) is 3. The highest BCUT2D eigenvalue weighted by atomic mass is 16.4. The molecule has 0 saturated heterocycles. The molecular formula is C11H24N2O2. The van der Waals surface area contributed by atoms with Crippen LogP contribution in [0.25, 0.3) is 0 Å². The van der Waals surface area contributed by atoms with Crippen molar-refractivity contribution in [3.05, 3.63) is 0 Å². The molecule has 0 radical (unpaired) electrons. The molecule has 1 amide bonds. The van der Waals surface area contributed by atoms with Crippen molar-refractivity contribution >= 4 is 6.09 Å². The molecule has 15 heavy (non-hydrogen) atoms. The van der Waals surface area contributed by atoms with E-state index in [1.807, 2.05) is 13.8 Å². The molecule has 4 N–H and O–H groups in total. The summed E-state index contributed by atoms with van der Waals surface area (Å²) in [6.45, 7) is 8.00. The number of hydrogen-bond acceptors (Lipinski definition) is 2. The molecule has 0 aliphatic carbocycles. The van der Waals surface area contributed by atoms with Gasteiger partial charge in [0.05, 0.1) is 0 Å². The average Bonchev–Trinajstić information content (AvgIpc) is 2.11. The van der Waals surface area contributed by atoms with Crippen LogP contribution in [0.4, 0.5) is 4.79 Å². The maximum absolute atomic E-state index is 10.5. The van der Waals surface area contributed by atoms with E-state index in [4.69, 9.17) is 10.8 Å². The van der Waals surface area contributed by atoms with Crippen LogP contribution in [-0.4, -0.2) is 22.8 Å². The number of amides is 1. The molecule has 0 saturated carbocycles. The SMILES string of the molecule is CCC(C)[C@@H](N)CCC(C)(C)NC(=O)O. The Kier molecular flexibility index (Phi) is 5.65. The van der Waals surface area contributed by atoms with Crippen molar-refractivity contribution in [2.24, 2.45) is 11.7 Å². The highest BCUT2D eigenvalue weighted by Crippen LogP contribution is 2.17. The monoisotopic (exact) mass is 216 g/mol. The van der Waals surface area contributed by atoms with Crippen LogP contribution in [0, 0.1) is 5.92 Å². The Morgan fingerprint density at radius 1 is 1.53 bits per heavy atom. The van der Waals surface area contributed by atoms with E-state index in [1.54, 1.807) is 0 Å². The molecule has 0 aliphatic heterocycles. The van der Waals surface area contributed by atoms with Crippen molar-refractivity contribution in [1.29, 1.82) is 0 Å². The van der Waals surface area contributed by atoms with Crippen LogP contribution in [-0.2, 0) is 0 Å².